The van der Waals surface area contributed by atoms with E-state index in [1.165, 1.54) is 12.4 Å². The van der Waals surface area contributed by atoms with E-state index < -0.39 is 11.8 Å². The summed E-state index contributed by atoms with van der Waals surface area (Å²) in [5.41, 5.74) is 1.87. The number of methoxy groups -OCH3 is 1. The average molecular weight is 466 g/mol. The zero-order valence-electron chi connectivity index (χ0n) is 18.7. The lowest BCUT2D eigenvalue weighted by Crippen LogP contribution is -2.18. The van der Waals surface area contributed by atoms with Crippen molar-refractivity contribution in [3.8, 4) is 34.1 Å². The lowest BCUT2D eigenvalue weighted by Gasteiger charge is -2.13. The summed E-state index contributed by atoms with van der Waals surface area (Å²) in [6.45, 7) is 1.91. The zero-order valence-corrected chi connectivity index (χ0v) is 18.7. The van der Waals surface area contributed by atoms with Crippen LogP contribution in [-0.4, -0.2) is 48.0 Å². The molecule has 0 aliphatic rings. The number of carboxylic acids is 1. The van der Waals surface area contributed by atoms with Gasteiger partial charge in [-0.1, -0.05) is 31.2 Å². The molecule has 4 aromatic rings. The van der Waals surface area contributed by atoms with Crippen molar-refractivity contribution in [3.63, 3.8) is 0 Å². The van der Waals surface area contributed by atoms with E-state index in [1.807, 2.05) is 19.1 Å². The standard InChI is InChI=1S/C25H23FN2O6/c1-15(11-32-13-20(29)30)12-33-24-22-21(16-7-9-17(31-2)10-8-16)23(34-25(22)28-14-27-24)18-5-3-4-6-19(18)26/h3-10,14-15H,11-13H2,1-2H3,(H,29,30)/t15-/m1/s1. The summed E-state index contributed by atoms with van der Waals surface area (Å²) in [6, 6.07) is 13.6. The molecule has 0 saturated carbocycles. The Morgan fingerprint density at radius 2 is 1.88 bits per heavy atom. The maximum absolute atomic E-state index is 14.7. The summed E-state index contributed by atoms with van der Waals surface area (Å²) < 4.78 is 37.1. The van der Waals surface area contributed by atoms with Crippen LogP contribution in [0.1, 0.15) is 6.92 Å². The Balaban J connectivity index is 1.76. The number of rotatable bonds is 10. The van der Waals surface area contributed by atoms with Crippen LogP contribution in [0.4, 0.5) is 4.39 Å². The van der Waals surface area contributed by atoms with Crippen molar-refractivity contribution in [3.05, 3.63) is 60.7 Å². The number of hydrogen-bond acceptors (Lipinski definition) is 7. The summed E-state index contributed by atoms with van der Waals surface area (Å²) in [7, 11) is 1.58. The Labute approximate surface area is 194 Å². The minimum absolute atomic E-state index is 0.105. The lowest BCUT2D eigenvalue weighted by molar-refractivity contribution is -0.142. The molecule has 9 heteroatoms. The van der Waals surface area contributed by atoms with Crippen molar-refractivity contribution in [1.29, 1.82) is 0 Å². The van der Waals surface area contributed by atoms with Crippen LogP contribution in [-0.2, 0) is 9.53 Å². The van der Waals surface area contributed by atoms with Gasteiger partial charge >= 0.3 is 5.97 Å². The van der Waals surface area contributed by atoms with Gasteiger partial charge in [0.2, 0.25) is 11.6 Å². The molecule has 0 radical (unpaired) electrons. The molecule has 34 heavy (non-hydrogen) atoms. The maximum Gasteiger partial charge on any atom is 0.329 e. The predicted octanol–water partition coefficient (Wildman–Crippen LogP) is 4.82. The lowest BCUT2D eigenvalue weighted by atomic mass is 9.99. The summed E-state index contributed by atoms with van der Waals surface area (Å²) >= 11 is 0. The van der Waals surface area contributed by atoms with Crippen LogP contribution in [0.2, 0.25) is 0 Å². The minimum atomic E-state index is -1.03. The number of aromatic nitrogens is 2. The first-order valence-corrected chi connectivity index (χ1v) is 10.6. The summed E-state index contributed by atoms with van der Waals surface area (Å²) in [5, 5.41) is 9.23. The Morgan fingerprint density at radius 1 is 1.12 bits per heavy atom. The van der Waals surface area contributed by atoms with Gasteiger partial charge < -0.3 is 23.7 Å². The first kappa shape index (κ1) is 23.2. The normalized spacial score (nSPS) is 12.0. The molecule has 0 aliphatic carbocycles. The third kappa shape index (κ3) is 4.99. The number of ether oxygens (including phenoxy) is 3. The first-order chi connectivity index (χ1) is 16.5. The molecule has 1 N–H and O–H groups in total. The smallest absolute Gasteiger partial charge is 0.329 e. The van der Waals surface area contributed by atoms with E-state index >= 15 is 0 Å². The van der Waals surface area contributed by atoms with Crippen molar-refractivity contribution in [2.75, 3.05) is 26.9 Å². The third-order valence-electron chi connectivity index (χ3n) is 5.08. The molecular weight excluding hydrogens is 443 g/mol. The van der Waals surface area contributed by atoms with Crippen LogP contribution >= 0.6 is 0 Å². The largest absolute Gasteiger partial charge is 0.497 e. The van der Waals surface area contributed by atoms with Crippen LogP contribution < -0.4 is 9.47 Å². The van der Waals surface area contributed by atoms with E-state index in [9.17, 15) is 9.18 Å². The molecule has 0 spiro atoms. The van der Waals surface area contributed by atoms with Crippen molar-refractivity contribution < 1.29 is 32.9 Å². The highest BCUT2D eigenvalue weighted by atomic mass is 19.1. The van der Waals surface area contributed by atoms with E-state index in [4.69, 9.17) is 23.7 Å². The number of carboxylic acid groups (broad SMARTS) is 1. The molecule has 4 rings (SSSR count). The summed E-state index contributed by atoms with van der Waals surface area (Å²) in [5.74, 6) is -0.322. The van der Waals surface area contributed by atoms with Gasteiger partial charge in [0.1, 0.15) is 35.6 Å². The quantitative estimate of drug-likeness (QED) is 0.355. The Hall–Kier alpha value is -3.98. The predicted molar refractivity (Wildman–Crippen MR) is 122 cm³/mol. The molecule has 0 bridgehead atoms. The maximum atomic E-state index is 14.7. The molecule has 8 nitrogen and oxygen atoms in total. The van der Waals surface area contributed by atoms with Gasteiger partial charge in [-0.2, -0.15) is 0 Å². The van der Waals surface area contributed by atoms with Gasteiger partial charge in [0.15, 0.2) is 0 Å². The van der Waals surface area contributed by atoms with E-state index in [0.717, 1.165) is 5.56 Å². The number of nitrogens with zero attached hydrogens (tertiary/aromatic N) is 2. The SMILES string of the molecule is COc1ccc(-c2c(-c3ccccc3F)oc3ncnc(OC[C@H](C)COCC(=O)O)c23)cc1. The second kappa shape index (κ2) is 10.3. The van der Waals surface area contributed by atoms with Gasteiger partial charge in [-0.25, -0.2) is 19.2 Å². The number of halogens is 1. The van der Waals surface area contributed by atoms with Crippen LogP contribution in [0.3, 0.4) is 0 Å². The number of carbonyl (C=O) groups is 1. The van der Waals surface area contributed by atoms with Crippen LogP contribution in [0, 0.1) is 11.7 Å². The highest BCUT2D eigenvalue weighted by Crippen LogP contribution is 2.44. The first-order valence-electron chi connectivity index (χ1n) is 10.6. The second-order valence-corrected chi connectivity index (χ2v) is 7.70. The molecule has 2 aromatic heterocycles. The molecule has 2 aromatic carbocycles. The Kier molecular flexibility index (Phi) is 7.03. The molecule has 2 heterocycles. The number of fused-ring (bicyclic) bond motifs is 1. The van der Waals surface area contributed by atoms with Gasteiger partial charge in [-0.05, 0) is 29.8 Å². The van der Waals surface area contributed by atoms with E-state index in [-0.39, 0.29) is 42.9 Å². The molecule has 0 fully saturated rings. The van der Waals surface area contributed by atoms with Crippen LogP contribution in [0.5, 0.6) is 11.6 Å². The molecule has 0 saturated heterocycles. The van der Waals surface area contributed by atoms with Gasteiger partial charge in [0.05, 0.1) is 25.9 Å². The molecule has 176 valence electrons. The highest BCUT2D eigenvalue weighted by Gasteiger charge is 2.25. The van der Waals surface area contributed by atoms with Crippen molar-refractivity contribution in [2.24, 2.45) is 5.92 Å². The minimum Gasteiger partial charge on any atom is -0.497 e. The highest BCUT2D eigenvalue weighted by molar-refractivity contribution is 6.03. The van der Waals surface area contributed by atoms with Crippen molar-refractivity contribution in [1.82, 2.24) is 9.97 Å². The van der Waals surface area contributed by atoms with E-state index in [1.54, 1.807) is 37.4 Å². The van der Waals surface area contributed by atoms with Crippen LogP contribution in [0.25, 0.3) is 33.6 Å². The van der Waals surface area contributed by atoms with E-state index in [0.29, 0.717) is 22.5 Å². The fourth-order valence-electron chi connectivity index (χ4n) is 3.50. The Morgan fingerprint density at radius 3 is 2.59 bits per heavy atom. The van der Waals surface area contributed by atoms with Crippen LogP contribution in [0.15, 0.2) is 59.3 Å². The van der Waals surface area contributed by atoms with Crippen molar-refractivity contribution >= 4 is 17.1 Å². The van der Waals surface area contributed by atoms with Gasteiger partial charge in [-0.3, -0.25) is 0 Å². The molecule has 1 atom stereocenters. The van der Waals surface area contributed by atoms with E-state index in [2.05, 4.69) is 9.97 Å². The third-order valence-corrected chi connectivity index (χ3v) is 5.08. The Bertz CT molecular complexity index is 1290. The number of benzene rings is 2. The van der Waals surface area contributed by atoms with Gasteiger partial charge in [-0.15, -0.1) is 0 Å². The zero-order chi connectivity index (χ0) is 24.1. The number of aliphatic carboxylic acids is 1. The van der Waals surface area contributed by atoms with Gasteiger partial charge in [0.25, 0.3) is 0 Å². The monoisotopic (exact) mass is 466 g/mol. The van der Waals surface area contributed by atoms with Crippen molar-refractivity contribution in [2.45, 2.75) is 6.92 Å². The number of furan rings is 1. The fraction of sp³-hybridized carbons (Fsp3) is 0.240. The second-order valence-electron chi connectivity index (χ2n) is 7.70. The molecule has 0 unspecified atom stereocenters. The van der Waals surface area contributed by atoms with Gasteiger partial charge in [0, 0.05) is 11.5 Å². The fourth-order valence-corrected chi connectivity index (χ4v) is 3.50. The topological polar surface area (TPSA) is 104 Å². The molecule has 0 amide bonds. The number of hydrogen-bond donors (Lipinski definition) is 1. The summed E-state index contributed by atoms with van der Waals surface area (Å²) in [6.07, 6.45) is 1.32. The molecular formula is C25H23FN2O6. The average Bonchev–Trinajstić information content (AvgIpc) is 3.23. The summed E-state index contributed by atoms with van der Waals surface area (Å²) in [4.78, 5) is 19.2. The molecule has 0 aliphatic heterocycles.